The number of fused-ring (bicyclic) bond motifs is 1. The van der Waals surface area contributed by atoms with Crippen LogP contribution in [0.4, 0.5) is 13.2 Å². The van der Waals surface area contributed by atoms with Crippen molar-refractivity contribution in [2.75, 3.05) is 0 Å². The Bertz CT molecular complexity index is 676. The van der Waals surface area contributed by atoms with Crippen molar-refractivity contribution in [3.05, 3.63) is 64.7 Å². The van der Waals surface area contributed by atoms with Gasteiger partial charge in [0.15, 0.2) is 0 Å². The largest absolute Gasteiger partial charge is 0.416 e. The Hall–Kier alpha value is -2.03. The zero-order chi connectivity index (χ0) is 14.3. The van der Waals surface area contributed by atoms with E-state index < -0.39 is 11.7 Å². The first-order valence-corrected chi connectivity index (χ1v) is 6.42. The zero-order valence-corrected chi connectivity index (χ0v) is 11.0. The van der Waals surface area contributed by atoms with Gasteiger partial charge in [-0.1, -0.05) is 42.0 Å². The highest BCUT2D eigenvalue weighted by Crippen LogP contribution is 2.35. The normalized spacial score (nSPS) is 14.1. The molecule has 0 fully saturated rings. The summed E-state index contributed by atoms with van der Waals surface area (Å²) in [6.07, 6.45) is -1.29. The summed E-state index contributed by atoms with van der Waals surface area (Å²) in [6, 6.07) is 11.3. The second kappa shape index (κ2) is 4.51. The Labute approximate surface area is 115 Å². The first-order chi connectivity index (χ1) is 9.45. The molecule has 0 heterocycles. The van der Waals surface area contributed by atoms with E-state index >= 15 is 0 Å². The molecule has 0 spiro atoms. The standard InChI is InChI=1S/C17H13F3/c1-11-9-13-3-2-4-15(16(13)10-11)12-5-7-14(8-6-12)17(18,19)20/h2-9H,10H2,1H3. The highest BCUT2D eigenvalue weighted by molar-refractivity contribution is 5.77. The molecule has 102 valence electrons. The monoisotopic (exact) mass is 274 g/mol. The lowest BCUT2D eigenvalue weighted by atomic mass is 9.95. The van der Waals surface area contributed by atoms with E-state index in [0.29, 0.717) is 0 Å². The van der Waals surface area contributed by atoms with E-state index in [1.807, 2.05) is 18.2 Å². The van der Waals surface area contributed by atoms with E-state index in [1.54, 1.807) is 12.1 Å². The van der Waals surface area contributed by atoms with Crippen LogP contribution in [0.5, 0.6) is 0 Å². The van der Waals surface area contributed by atoms with Crippen LogP contribution in [-0.2, 0) is 12.6 Å². The molecule has 0 atom stereocenters. The summed E-state index contributed by atoms with van der Waals surface area (Å²) in [5.74, 6) is 0. The van der Waals surface area contributed by atoms with Gasteiger partial charge in [0.05, 0.1) is 5.56 Å². The van der Waals surface area contributed by atoms with Gasteiger partial charge in [-0.05, 0) is 47.7 Å². The van der Waals surface area contributed by atoms with Gasteiger partial charge < -0.3 is 0 Å². The number of hydrogen-bond donors (Lipinski definition) is 0. The molecule has 0 unspecified atom stereocenters. The van der Waals surface area contributed by atoms with E-state index in [4.69, 9.17) is 0 Å². The van der Waals surface area contributed by atoms with Crippen LogP contribution in [0.15, 0.2) is 48.0 Å². The average molecular weight is 274 g/mol. The molecule has 0 N–H and O–H groups in total. The van der Waals surface area contributed by atoms with Gasteiger partial charge in [0.1, 0.15) is 0 Å². The maximum Gasteiger partial charge on any atom is 0.416 e. The third kappa shape index (κ3) is 2.24. The Morgan fingerprint density at radius 3 is 2.30 bits per heavy atom. The lowest BCUT2D eigenvalue weighted by Gasteiger charge is -2.11. The molecule has 0 nitrogen and oxygen atoms in total. The molecule has 0 bridgehead atoms. The molecule has 0 amide bonds. The van der Waals surface area contributed by atoms with Crippen molar-refractivity contribution in [3.63, 3.8) is 0 Å². The number of hydrogen-bond acceptors (Lipinski definition) is 0. The minimum atomic E-state index is -4.28. The van der Waals surface area contributed by atoms with Gasteiger partial charge >= 0.3 is 6.18 Å². The SMILES string of the molecule is CC1=Cc2cccc(-c3ccc(C(F)(F)F)cc3)c2C1. The van der Waals surface area contributed by atoms with Crippen LogP contribution in [0.1, 0.15) is 23.6 Å². The molecule has 1 aliphatic carbocycles. The van der Waals surface area contributed by atoms with Crippen LogP contribution in [0, 0.1) is 0 Å². The van der Waals surface area contributed by atoms with Crippen LogP contribution in [0.25, 0.3) is 17.2 Å². The van der Waals surface area contributed by atoms with Crippen LogP contribution in [0.2, 0.25) is 0 Å². The minimum absolute atomic E-state index is 0.608. The molecule has 0 radical (unpaired) electrons. The lowest BCUT2D eigenvalue weighted by molar-refractivity contribution is -0.137. The van der Waals surface area contributed by atoms with Crippen LogP contribution < -0.4 is 0 Å². The second-order valence-corrected chi connectivity index (χ2v) is 5.12. The van der Waals surface area contributed by atoms with E-state index in [-0.39, 0.29) is 0 Å². The molecule has 0 saturated carbocycles. The smallest absolute Gasteiger partial charge is 0.166 e. The van der Waals surface area contributed by atoms with Crippen LogP contribution in [-0.4, -0.2) is 0 Å². The van der Waals surface area contributed by atoms with Crippen molar-refractivity contribution in [2.24, 2.45) is 0 Å². The molecule has 2 aromatic carbocycles. The van der Waals surface area contributed by atoms with Gasteiger partial charge in [-0.15, -0.1) is 0 Å². The first kappa shape index (κ1) is 13.0. The third-order valence-corrected chi connectivity index (χ3v) is 3.59. The van der Waals surface area contributed by atoms with Gasteiger partial charge in [-0.25, -0.2) is 0 Å². The molecule has 0 aliphatic heterocycles. The minimum Gasteiger partial charge on any atom is -0.166 e. The lowest BCUT2D eigenvalue weighted by Crippen LogP contribution is -2.04. The van der Waals surface area contributed by atoms with Crippen molar-refractivity contribution in [3.8, 4) is 11.1 Å². The van der Waals surface area contributed by atoms with Crippen molar-refractivity contribution in [2.45, 2.75) is 19.5 Å². The highest BCUT2D eigenvalue weighted by atomic mass is 19.4. The fourth-order valence-electron chi connectivity index (χ4n) is 2.64. The van der Waals surface area contributed by atoms with Crippen LogP contribution >= 0.6 is 0 Å². The summed E-state index contributed by atoms with van der Waals surface area (Å²) in [5, 5.41) is 0. The number of allylic oxidation sites excluding steroid dienone is 1. The maximum absolute atomic E-state index is 12.6. The molecular weight excluding hydrogens is 261 g/mol. The van der Waals surface area contributed by atoms with E-state index in [0.717, 1.165) is 29.7 Å². The summed E-state index contributed by atoms with van der Waals surface area (Å²) in [5.41, 5.74) is 4.88. The fraction of sp³-hybridized carbons (Fsp3) is 0.176. The quantitative estimate of drug-likeness (QED) is 0.659. The summed E-state index contributed by atoms with van der Waals surface area (Å²) < 4.78 is 37.8. The molecule has 0 saturated heterocycles. The van der Waals surface area contributed by atoms with Crippen molar-refractivity contribution in [1.82, 2.24) is 0 Å². The number of rotatable bonds is 1. The van der Waals surface area contributed by atoms with E-state index in [2.05, 4.69) is 13.0 Å². The van der Waals surface area contributed by atoms with Gasteiger partial charge in [-0.3, -0.25) is 0 Å². The number of alkyl halides is 3. The highest BCUT2D eigenvalue weighted by Gasteiger charge is 2.30. The second-order valence-electron chi connectivity index (χ2n) is 5.12. The predicted octanol–water partition coefficient (Wildman–Crippen LogP) is 5.33. The van der Waals surface area contributed by atoms with Crippen LogP contribution in [0.3, 0.4) is 0 Å². The molecule has 3 rings (SSSR count). The summed E-state index contributed by atoms with van der Waals surface area (Å²) in [7, 11) is 0. The number of benzene rings is 2. The van der Waals surface area contributed by atoms with E-state index in [9.17, 15) is 13.2 Å². The topological polar surface area (TPSA) is 0 Å². The fourth-order valence-corrected chi connectivity index (χ4v) is 2.64. The van der Waals surface area contributed by atoms with Gasteiger partial charge in [0.2, 0.25) is 0 Å². The Kier molecular flexibility index (Phi) is 2.93. The van der Waals surface area contributed by atoms with Crippen molar-refractivity contribution >= 4 is 6.08 Å². The van der Waals surface area contributed by atoms with Crippen molar-refractivity contribution in [1.29, 1.82) is 0 Å². The van der Waals surface area contributed by atoms with Gasteiger partial charge in [0, 0.05) is 0 Å². The Balaban J connectivity index is 2.02. The van der Waals surface area contributed by atoms with Gasteiger partial charge in [-0.2, -0.15) is 13.2 Å². The Morgan fingerprint density at radius 2 is 1.65 bits per heavy atom. The average Bonchev–Trinajstić information content (AvgIpc) is 2.78. The van der Waals surface area contributed by atoms with E-state index in [1.165, 1.54) is 16.7 Å². The Morgan fingerprint density at radius 1 is 0.950 bits per heavy atom. The zero-order valence-electron chi connectivity index (χ0n) is 11.0. The number of halogens is 3. The first-order valence-electron chi connectivity index (χ1n) is 6.42. The predicted molar refractivity (Wildman–Crippen MR) is 74.2 cm³/mol. The molecule has 1 aliphatic rings. The molecule has 2 aromatic rings. The molecule has 3 heteroatoms. The summed E-state index contributed by atoms with van der Waals surface area (Å²) in [4.78, 5) is 0. The van der Waals surface area contributed by atoms with Crippen molar-refractivity contribution < 1.29 is 13.2 Å². The molecule has 0 aromatic heterocycles. The summed E-state index contributed by atoms with van der Waals surface area (Å²) in [6.45, 7) is 2.07. The summed E-state index contributed by atoms with van der Waals surface area (Å²) >= 11 is 0. The van der Waals surface area contributed by atoms with Gasteiger partial charge in [0.25, 0.3) is 0 Å². The third-order valence-electron chi connectivity index (χ3n) is 3.59. The molecule has 20 heavy (non-hydrogen) atoms. The molecular formula is C17H13F3. The maximum atomic E-state index is 12.6.